The molecule has 1 aromatic heterocycles. The highest BCUT2D eigenvalue weighted by Crippen LogP contribution is 2.45. The molecular formula is C27H19ClN2O4S. The first-order chi connectivity index (χ1) is 17.0. The van der Waals surface area contributed by atoms with Crippen LogP contribution in [0.4, 0.5) is 5.13 Å². The molecule has 0 radical (unpaired) electrons. The summed E-state index contributed by atoms with van der Waals surface area (Å²) in [5.74, 6) is -1.26. The Kier molecular flexibility index (Phi) is 6.11. The van der Waals surface area contributed by atoms with Crippen molar-refractivity contribution in [3.05, 3.63) is 107 Å². The number of aliphatic hydroxyl groups excluding tert-OH is 1. The molecule has 35 heavy (non-hydrogen) atoms. The fourth-order valence-corrected chi connectivity index (χ4v) is 5.28. The van der Waals surface area contributed by atoms with Crippen LogP contribution in [0.3, 0.4) is 0 Å². The van der Waals surface area contributed by atoms with Crippen LogP contribution in [-0.2, 0) is 9.59 Å². The number of anilines is 1. The van der Waals surface area contributed by atoms with Crippen LogP contribution in [0, 0.1) is 0 Å². The van der Waals surface area contributed by atoms with Crippen LogP contribution < -0.4 is 9.64 Å². The smallest absolute Gasteiger partial charge is 0.301 e. The molecular weight excluding hydrogens is 484 g/mol. The number of benzene rings is 3. The van der Waals surface area contributed by atoms with Crippen LogP contribution in [0.15, 0.2) is 91.0 Å². The lowest BCUT2D eigenvalue weighted by Crippen LogP contribution is -2.29. The van der Waals surface area contributed by atoms with Gasteiger partial charge in [-0.25, -0.2) is 4.98 Å². The summed E-state index contributed by atoms with van der Waals surface area (Å²) in [6.07, 6.45) is 1.63. The number of carbonyl (C=O) groups excluding carboxylic acids is 2. The maximum absolute atomic E-state index is 13.4. The Bertz CT molecular complexity index is 1500. The number of hydrogen-bond donors (Lipinski definition) is 1. The standard InChI is InChI=1S/C27H19ClN2O4S/c1-2-13-34-19-10-6-9-17(14-19)23-22(24(31)16-7-4-3-5-8-16)25(32)26(33)30(23)27-29-20-12-11-18(28)15-21(20)35-27/h2-12,14-15,23,31H,1,13H2. The maximum Gasteiger partial charge on any atom is 0.301 e. The van der Waals surface area contributed by atoms with Crippen LogP contribution in [0.5, 0.6) is 5.75 Å². The number of ether oxygens (including phenoxy) is 1. The van der Waals surface area contributed by atoms with E-state index in [1.165, 1.54) is 16.2 Å². The van der Waals surface area contributed by atoms with Crippen molar-refractivity contribution in [3.63, 3.8) is 0 Å². The van der Waals surface area contributed by atoms with Crippen molar-refractivity contribution in [1.82, 2.24) is 4.98 Å². The predicted molar refractivity (Wildman–Crippen MR) is 138 cm³/mol. The van der Waals surface area contributed by atoms with Crippen molar-refractivity contribution in [2.75, 3.05) is 11.5 Å². The summed E-state index contributed by atoms with van der Waals surface area (Å²) in [6.45, 7) is 3.96. The molecule has 6 nitrogen and oxygen atoms in total. The van der Waals surface area contributed by atoms with Gasteiger partial charge in [-0.1, -0.05) is 78.1 Å². The zero-order valence-electron chi connectivity index (χ0n) is 18.3. The van der Waals surface area contributed by atoms with E-state index < -0.39 is 17.7 Å². The number of nitrogens with zero attached hydrogens (tertiary/aromatic N) is 2. The summed E-state index contributed by atoms with van der Waals surface area (Å²) >= 11 is 7.39. The van der Waals surface area contributed by atoms with Gasteiger partial charge in [-0.15, -0.1) is 0 Å². The van der Waals surface area contributed by atoms with E-state index in [0.29, 0.717) is 39.2 Å². The van der Waals surface area contributed by atoms with Crippen molar-refractivity contribution in [2.45, 2.75) is 6.04 Å². The molecule has 5 rings (SSSR count). The molecule has 1 unspecified atom stereocenters. The van der Waals surface area contributed by atoms with E-state index in [9.17, 15) is 14.7 Å². The zero-order valence-corrected chi connectivity index (χ0v) is 19.9. The quantitative estimate of drug-likeness (QED) is 0.148. The van der Waals surface area contributed by atoms with Crippen LogP contribution >= 0.6 is 22.9 Å². The summed E-state index contributed by atoms with van der Waals surface area (Å²) < 4.78 is 6.46. The average Bonchev–Trinajstić information content (AvgIpc) is 3.40. The van der Waals surface area contributed by atoms with Gasteiger partial charge in [0, 0.05) is 10.6 Å². The number of aromatic nitrogens is 1. The van der Waals surface area contributed by atoms with Crippen molar-refractivity contribution in [1.29, 1.82) is 0 Å². The summed E-state index contributed by atoms with van der Waals surface area (Å²) in [6, 6.07) is 20.1. The molecule has 0 bridgehead atoms. The van der Waals surface area contributed by atoms with E-state index in [1.54, 1.807) is 78.9 Å². The second-order valence-corrected chi connectivity index (χ2v) is 9.26. The number of halogens is 1. The lowest BCUT2D eigenvalue weighted by atomic mass is 9.95. The highest BCUT2D eigenvalue weighted by molar-refractivity contribution is 7.22. The first-order valence-corrected chi connectivity index (χ1v) is 11.9. The van der Waals surface area contributed by atoms with Crippen LogP contribution in [-0.4, -0.2) is 28.4 Å². The molecule has 0 spiro atoms. The first-order valence-electron chi connectivity index (χ1n) is 10.7. The summed E-state index contributed by atoms with van der Waals surface area (Å²) in [7, 11) is 0. The van der Waals surface area contributed by atoms with E-state index in [4.69, 9.17) is 16.3 Å². The van der Waals surface area contributed by atoms with E-state index in [2.05, 4.69) is 11.6 Å². The Morgan fingerprint density at radius 3 is 2.69 bits per heavy atom. The average molecular weight is 503 g/mol. The lowest BCUT2D eigenvalue weighted by Gasteiger charge is -2.23. The Hall–Kier alpha value is -3.94. The van der Waals surface area contributed by atoms with Gasteiger partial charge in [-0.3, -0.25) is 14.5 Å². The molecule has 1 aliphatic heterocycles. The number of amides is 1. The number of aliphatic hydroxyl groups is 1. The molecule has 1 fully saturated rings. The number of ketones is 1. The van der Waals surface area contributed by atoms with Gasteiger partial charge in [0.1, 0.15) is 18.1 Å². The Morgan fingerprint density at radius 1 is 1.11 bits per heavy atom. The molecule has 1 atom stereocenters. The number of Topliss-reactive ketones (excluding diaryl/α,β-unsaturated/α-hetero) is 1. The van der Waals surface area contributed by atoms with Gasteiger partial charge in [-0.05, 0) is 35.9 Å². The van der Waals surface area contributed by atoms with Gasteiger partial charge in [0.2, 0.25) is 0 Å². The third kappa shape index (κ3) is 4.20. The molecule has 0 aliphatic carbocycles. The SMILES string of the molecule is C=CCOc1cccc(C2C(=C(O)c3ccccc3)C(=O)C(=O)N2c2nc3ccc(Cl)cc3s2)c1. The fourth-order valence-electron chi connectivity index (χ4n) is 4.02. The lowest BCUT2D eigenvalue weighted by molar-refractivity contribution is -0.132. The number of fused-ring (bicyclic) bond motifs is 1. The number of rotatable bonds is 6. The topological polar surface area (TPSA) is 79.7 Å². The zero-order chi connectivity index (χ0) is 24.5. The van der Waals surface area contributed by atoms with Crippen molar-refractivity contribution in [3.8, 4) is 5.75 Å². The monoisotopic (exact) mass is 502 g/mol. The van der Waals surface area contributed by atoms with Gasteiger partial charge in [-0.2, -0.15) is 0 Å². The molecule has 1 aliphatic rings. The normalized spacial score (nSPS) is 17.2. The second-order valence-electron chi connectivity index (χ2n) is 7.82. The Balaban J connectivity index is 1.71. The molecule has 0 saturated carbocycles. The second kappa shape index (κ2) is 9.37. The molecule has 4 aromatic rings. The fraction of sp³-hybridized carbons (Fsp3) is 0.0741. The van der Waals surface area contributed by atoms with E-state index in [-0.39, 0.29) is 11.3 Å². The highest BCUT2D eigenvalue weighted by atomic mass is 35.5. The van der Waals surface area contributed by atoms with Gasteiger partial charge in [0.05, 0.1) is 21.8 Å². The molecule has 8 heteroatoms. The van der Waals surface area contributed by atoms with Crippen LogP contribution in [0.1, 0.15) is 17.2 Å². The molecule has 2 heterocycles. The summed E-state index contributed by atoms with van der Waals surface area (Å²) in [5.41, 5.74) is 1.67. The number of thiazole rings is 1. The summed E-state index contributed by atoms with van der Waals surface area (Å²) in [5, 5.41) is 12.1. The van der Waals surface area contributed by atoms with Gasteiger partial charge in [0.15, 0.2) is 5.13 Å². The van der Waals surface area contributed by atoms with Crippen LogP contribution in [0.2, 0.25) is 5.02 Å². The third-order valence-electron chi connectivity index (χ3n) is 5.58. The third-order valence-corrected chi connectivity index (χ3v) is 6.83. The maximum atomic E-state index is 13.4. The molecule has 1 amide bonds. The Morgan fingerprint density at radius 2 is 1.91 bits per heavy atom. The molecule has 1 N–H and O–H groups in total. The number of hydrogen-bond acceptors (Lipinski definition) is 6. The minimum absolute atomic E-state index is 0.0145. The minimum Gasteiger partial charge on any atom is -0.507 e. The van der Waals surface area contributed by atoms with Gasteiger partial charge < -0.3 is 9.84 Å². The van der Waals surface area contributed by atoms with E-state index in [1.807, 2.05) is 0 Å². The molecule has 3 aromatic carbocycles. The van der Waals surface area contributed by atoms with Gasteiger partial charge in [0.25, 0.3) is 5.78 Å². The molecule has 1 saturated heterocycles. The van der Waals surface area contributed by atoms with Crippen LogP contribution in [0.25, 0.3) is 16.0 Å². The van der Waals surface area contributed by atoms with E-state index in [0.717, 1.165) is 4.70 Å². The van der Waals surface area contributed by atoms with Crippen molar-refractivity contribution >= 4 is 55.7 Å². The summed E-state index contributed by atoms with van der Waals surface area (Å²) in [4.78, 5) is 32.6. The largest absolute Gasteiger partial charge is 0.507 e. The van der Waals surface area contributed by atoms with Crippen molar-refractivity contribution in [2.24, 2.45) is 0 Å². The molecule has 174 valence electrons. The Labute approximate surface area is 210 Å². The number of carbonyl (C=O) groups is 2. The highest BCUT2D eigenvalue weighted by Gasteiger charge is 2.48. The minimum atomic E-state index is -0.904. The van der Waals surface area contributed by atoms with Crippen molar-refractivity contribution < 1.29 is 19.4 Å². The first kappa shape index (κ1) is 22.8. The van der Waals surface area contributed by atoms with Gasteiger partial charge >= 0.3 is 5.91 Å². The predicted octanol–water partition coefficient (Wildman–Crippen LogP) is 6.14. The van der Waals surface area contributed by atoms with E-state index >= 15 is 0 Å².